The van der Waals surface area contributed by atoms with Crippen molar-refractivity contribution < 1.29 is 9.63 Å². The van der Waals surface area contributed by atoms with Crippen molar-refractivity contribution in [2.45, 2.75) is 12.5 Å². The molecule has 1 unspecified atom stereocenters. The van der Waals surface area contributed by atoms with E-state index in [-0.39, 0.29) is 6.10 Å². The van der Waals surface area contributed by atoms with E-state index in [1.54, 1.807) is 12.3 Å². The third kappa shape index (κ3) is 1.59. The molecule has 13 heavy (non-hydrogen) atoms. The number of carbonyl (C=O) groups excluding carboxylic acids is 1. The smallest absolute Gasteiger partial charge is 0.157 e. The van der Waals surface area contributed by atoms with E-state index in [0.29, 0.717) is 5.56 Å². The molecule has 3 heteroatoms. The first-order valence-electron chi connectivity index (χ1n) is 4.13. The Bertz CT molecular complexity index is 339. The number of hydrogen-bond donors (Lipinski definition) is 0. The van der Waals surface area contributed by atoms with E-state index in [1.165, 1.54) is 0 Å². The minimum Gasteiger partial charge on any atom is -0.388 e. The van der Waals surface area contributed by atoms with E-state index in [1.807, 2.05) is 18.2 Å². The summed E-state index contributed by atoms with van der Waals surface area (Å²) in [4.78, 5) is 15.6. The molecule has 66 valence electrons. The van der Waals surface area contributed by atoms with Gasteiger partial charge >= 0.3 is 0 Å². The second-order valence-electron chi connectivity index (χ2n) is 2.91. The molecular formula is C10H9NO2. The fourth-order valence-electron chi connectivity index (χ4n) is 1.33. The summed E-state index contributed by atoms with van der Waals surface area (Å²) in [5, 5.41) is 3.68. The van der Waals surface area contributed by atoms with Gasteiger partial charge in [0.2, 0.25) is 0 Å². The van der Waals surface area contributed by atoms with Gasteiger partial charge in [0.1, 0.15) is 6.29 Å². The number of nitrogens with zero attached hydrogens (tertiary/aromatic N) is 1. The third-order valence-electron chi connectivity index (χ3n) is 2.00. The fraction of sp³-hybridized carbons (Fsp3) is 0.200. The summed E-state index contributed by atoms with van der Waals surface area (Å²) < 4.78 is 0. The summed E-state index contributed by atoms with van der Waals surface area (Å²) in [7, 11) is 0. The molecule has 0 saturated heterocycles. The Morgan fingerprint density at radius 3 is 3.15 bits per heavy atom. The van der Waals surface area contributed by atoms with E-state index in [2.05, 4.69) is 5.16 Å². The highest BCUT2D eigenvalue weighted by atomic mass is 16.6. The Balaban J connectivity index is 2.24. The van der Waals surface area contributed by atoms with Crippen LogP contribution in [0.2, 0.25) is 0 Å². The van der Waals surface area contributed by atoms with Crippen LogP contribution in [0.25, 0.3) is 0 Å². The molecule has 0 saturated carbocycles. The van der Waals surface area contributed by atoms with Crippen LogP contribution in [-0.4, -0.2) is 12.5 Å². The number of benzene rings is 1. The molecule has 1 atom stereocenters. The molecule has 0 fully saturated rings. The van der Waals surface area contributed by atoms with Crippen LogP contribution in [0.3, 0.4) is 0 Å². The van der Waals surface area contributed by atoms with Crippen molar-refractivity contribution in [3.05, 3.63) is 35.4 Å². The van der Waals surface area contributed by atoms with Gasteiger partial charge < -0.3 is 4.84 Å². The summed E-state index contributed by atoms with van der Waals surface area (Å²) in [6.45, 7) is 0. The second-order valence-corrected chi connectivity index (χ2v) is 2.91. The molecular weight excluding hydrogens is 166 g/mol. The van der Waals surface area contributed by atoms with Gasteiger partial charge in [-0.15, -0.1) is 0 Å². The average molecular weight is 175 g/mol. The standard InChI is InChI=1S/C10H9NO2/c12-7-8-2-1-3-9(6-8)10-4-5-11-13-10/h1-3,5-7,10H,4H2. The van der Waals surface area contributed by atoms with Crippen molar-refractivity contribution in [3.63, 3.8) is 0 Å². The van der Waals surface area contributed by atoms with Gasteiger partial charge in [-0.2, -0.15) is 0 Å². The molecule has 0 spiro atoms. The lowest BCUT2D eigenvalue weighted by Gasteiger charge is -2.07. The van der Waals surface area contributed by atoms with Gasteiger partial charge in [-0.3, -0.25) is 4.79 Å². The molecule has 1 aromatic carbocycles. The summed E-state index contributed by atoms with van der Waals surface area (Å²) in [6.07, 6.45) is 3.33. The van der Waals surface area contributed by atoms with Crippen molar-refractivity contribution in [3.8, 4) is 0 Å². The van der Waals surface area contributed by atoms with Gasteiger partial charge in [0.05, 0.1) is 0 Å². The SMILES string of the molecule is O=Cc1cccc(C2CC=NO2)c1. The average Bonchev–Trinajstić information content (AvgIpc) is 2.71. The summed E-state index contributed by atoms with van der Waals surface area (Å²) in [6, 6.07) is 7.38. The first kappa shape index (κ1) is 7.98. The summed E-state index contributed by atoms with van der Waals surface area (Å²) >= 11 is 0. The summed E-state index contributed by atoms with van der Waals surface area (Å²) in [5.41, 5.74) is 1.68. The Hall–Kier alpha value is -1.64. The van der Waals surface area contributed by atoms with E-state index >= 15 is 0 Å². The number of carbonyl (C=O) groups is 1. The normalized spacial score (nSPS) is 19.8. The molecule has 0 aromatic heterocycles. The molecule has 0 amide bonds. The maximum absolute atomic E-state index is 10.5. The highest BCUT2D eigenvalue weighted by Crippen LogP contribution is 2.24. The molecule has 1 aliphatic rings. The maximum Gasteiger partial charge on any atom is 0.157 e. The van der Waals surface area contributed by atoms with E-state index < -0.39 is 0 Å². The highest BCUT2D eigenvalue weighted by Gasteiger charge is 2.15. The Labute approximate surface area is 76.0 Å². The molecule has 0 bridgehead atoms. The van der Waals surface area contributed by atoms with Crippen LogP contribution in [0.1, 0.15) is 28.4 Å². The highest BCUT2D eigenvalue weighted by molar-refractivity contribution is 5.75. The van der Waals surface area contributed by atoms with Crippen molar-refractivity contribution in [1.82, 2.24) is 0 Å². The predicted molar refractivity (Wildman–Crippen MR) is 48.8 cm³/mol. The maximum atomic E-state index is 10.5. The van der Waals surface area contributed by atoms with Gasteiger partial charge in [0, 0.05) is 18.2 Å². The number of aldehydes is 1. The molecule has 0 radical (unpaired) electrons. The minimum atomic E-state index is -0.0140. The Morgan fingerprint density at radius 2 is 2.46 bits per heavy atom. The quantitative estimate of drug-likeness (QED) is 0.644. The molecule has 0 aliphatic carbocycles. The molecule has 3 nitrogen and oxygen atoms in total. The molecule has 0 N–H and O–H groups in total. The first-order chi connectivity index (χ1) is 6.40. The molecule has 1 aromatic rings. The predicted octanol–water partition coefficient (Wildman–Crippen LogP) is 1.95. The zero-order chi connectivity index (χ0) is 9.10. The van der Waals surface area contributed by atoms with Crippen molar-refractivity contribution in [1.29, 1.82) is 0 Å². The first-order valence-corrected chi connectivity index (χ1v) is 4.13. The number of hydrogen-bond acceptors (Lipinski definition) is 3. The van der Waals surface area contributed by atoms with Crippen molar-refractivity contribution in [2.75, 3.05) is 0 Å². The Morgan fingerprint density at radius 1 is 1.54 bits per heavy atom. The lowest BCUT2D eigenvalue weighted by Crippen LogP contribution is -1.96. The van der Waals surface area contributed by atoms with E-state index in [9.17, 15) is 4.79 Å². The van der Waals surface area contributed by atoms with Crippen LogP contribution in [0.4, 0.5) is 0 Å². The third-order valence-corrected chi connectivity index (χ3v) is 2.00. The fourth-order valence-corrected chi connectivity index (χ4v) is 1.33. The molecule has 1 heterocycles. The van der Waals surface area contributed by atoms with E-state index in [4.69, 9.17) is 4.84 Å². The zero-order valence-corrected chi connectivity index (χ0v) is 7.01. The Kier molecular flexibility index (Phi) is 2.08. The zero-order valence-electron chi connectivity index (χ0n) is 7.01. The van der Waals surface area contributed by atoms with Crippen molar-refractivity contribution >= 4 is 12.5 Å². The van der Waals surface area contributed by atoms with Gasteiger partial charge in [0.15, 0.2) is 6.10 Å². The van der Waals surface area contributed by atoms with Gasteiger partial charge in [-0.25, -0.2) is 0 Å². The number of oxime groups is 1. The second kappa shape index (κ2) is 3.39. The van der Waals surface area contributed by atoms with Gasteiger partial charge in [-0.1, -0.05) is 23.4 Å². The van der Waals surface area contributed by atoms with Crippen LogP contribution in [0.5, 0.6) is 0 Å². The lowest BCUT2D eigenvalue weighted by atomic mass is 10.1. The number of rotatable bonds is 2. The lowest BCUT2D eigenvalue weighted by molar-refractivity contribution is 0.0857. The van der Waals surface area contributed by atoms with E-state index in [0.717, 1.165) is 18.3 Å². The summed E-state index contributed by atoms with van der Waals surface area (Å²) in [5.74, 6) is 0. The van der Waals surface area contributed by atoms with Gasteiger partial charge in [0.25, 0.3) is 0 Å². The molecule has 1 aliphatic heterocycles. The van der Waals surface area contributed by atoms with Crippen LogP contribution < -0.4 is 0 Å². The van der Waals surface area contributed by atoms with Gasteiger partial charge in [-0.05, 0) is 11.6 Å². The largest absolute Gasteiger partial charge is 0.388 e. The monoisotopic (exact) mass is 175 g/mol. The van der Waals surface area contributed by atoms with Crippen LogP contribution in [-0.2, 0) is 4.84 Å². The van der Waals surface area contributed by atoms with Crippen LogP contribution in [0.15, 0.2) is 29.4 Å². The topological polar surface area (TPSA) is 38.7 Å². The molecule has 2 rings (SSSR count). The van der Waals surface area contributed by atoms with Crippen LogP contribution >= 0.6 is 0 Å². The van der Waals surface area contributed by atoms with Crippen molar-refractivity contribution in [2.24, 2.45) is 5.16 Å². The van der Waals surface area contributed by atoms with Crippen LogP contribution in [0, 0.1) is 0 Å². The minimum absolute atomic E-state index is 0.0140.